The molecule has 2 aromatic carbocycles. The molecule has 0 saturated heterocycles. The summed E-state index contributed by atoms with van der Waals surface area (Å²) in [7, 11) is -3.97. The monoisotopic (exact) mass is 393 g/mol. The van der Waals surface area contributed by atoms with Crippen LogP contribution in [-0.4, -0.2) is 22.3 Å². The lowest BCUT2D eigenvalue weighted by atomic mass is 10.1. The quantitative estimate of drug-likeness (QED) is 0.383. The third kappa shape index (κ3) is 2.93. The van der Waals surface area contributed by atoms with Crippen LogP contribution in [0.15, 0.2) is 77.8 Å². The summed E-state index contributed by atoms with van der Waals surface area (Å²) in [4.78, 5) is 14.8. The average molecular weight is 393 g/mol. The molecular formula is C20H15N3O4S. The molecule has 0 spiro atoms. The first kappa shape index (κ1) is 17.9. The number of benzene rings is 2. The van der Waals surface area contributed by atoms with Crippen molar-refractivity contribution in [3.05, 3.63) is 88.6 Å². The van der Waals surface area contributed by atoms with Gasteiger partial charge >= 0.3 is 0 Å². The van der Waals surface area contributed by atoms with Crippen LogP contribution in [0.4, 0.5) is 5.69 Å². The van der Waals surface area contributed by atoms with Gasteiger partial charge in [-0.3, -0.25) is 10.1 Å². The molecule has 0 atom stereocenters. The Kier molecular flexibility index (Phi) is 4.20. The molecule has 7 nitrogen and oxygen atoms in total. The molecule has 0 amide bonds. The Morgan fingerprint density at radius 3 is 2.32 bits per heavy atom. The van der Waals surface area contributed by atoms with Gasteiger partial charge in [0.15, 0.2) is 5.65 Å². The topological polar surface area (TPSA) is 95.1 Å². The second-order valence-corrected chi connectivity index (χ2v) is 8.13. The van der Waals surface area contributed by atoms with Crippen molar-refractivity contribution in [3.8, 4) is 11.3 Å². The zero-order valence-corrected chi connectivity index (χ0v) is 15.6. The lowest BCUT2D eigenvalue weighted by Crippen LogP contribution is -2.14. The van der Waals surface area contributed by atoms with Gasteiger partial charge in [-0.2, -0.15) is 0 Å². The van der Waals surface area contributed by atoms with Crippen LogP contribution in [-0.2, 0) is 10.0 Å². The summed E-state index contributed by atoms with van der Waals surface area (Å²) in [5.74, 6) is 0. The minimum Gasteiger partial charge on any atom is -0.258 e. The third-order valence-corrected chi connectivity index (χ3v) is 6.14. The van der Waals surface area contributed by atoms with Crippen LogP contribution in [0.2, 0.25) is 0 Å². The zero-order chi connectivity index (χ0) is 19.9. The second-order valence-electron chi connectivity index (χ2n) is 6.34. The molecule has 4 rings (SSSR count). The molecule has 8 heteroatoms. The number of fused-ring (bicyclic) bond motifs is 1. The molecule has 0 N–H and O–H groups in total. The molecule has 0 aliphatic carbocycles. The van der Waals surface area contributed by atoms with E-state index in [1.807, 2.05) is 13.0 Å². The molecule has 0 fully saturated rings. The molecule has 4 aromatic rings. The van der Waals surface area contributed by atoms with Gasteiger partial charge in [0.2, 0.25) is 0 Å². The summed E-state index contributed by atoms with van der Waals surface area (Å²) in [5.41, 5.74) is 1.94. The Morgan fingerprint density at radius 2 is 1.68 bits per heavy atom. The maximum absolute atomic E-state index is 13.4. The van der Waals surface area contributed by atoms with Crippen molar-refractivity contribution < 1.29 is 13.3 Å². The van der Waals surface area contributed by atoms with Gasteiger partial charge in [-0.05, 0) is 30.7 Å². The van der Waals surface area contributed by atoms with E-state index >= 15 is 0 Å². The van der Waals surface area contributed by atoms with E-state index in [9.17, 15) is 18.5 Å². The second kappa shape index (κ2) is 6.58. The van der Waals surface area contributed by atoms with Crippen LogP contribution in [0, 0.1) is 17.0 Å². The summed E-state index contributed by atoms with van der Waals surface area (Å²) >= 11 is 0. The van der Waals surface area contributed by atoms with Crippen molar-refractivity contribution in [3.63, 3.8) is 0 Å². The van der Waals surface area contributed by atoms with Gasteiger partial charge in [-0.25, -0.2) is 17.4 Å². The van der Waals surface area contributed by atoms with E-state index in [0.29, 0.717) is 16.6 Å². The van der Waals surface area contributed by atoms with Crippen LogP contribution in [0.3, 0.4) is 0 Å². The van der Waals surface area contributed by atoms with E-state index in [1.165, 1.54) is 18.2 Å². The first-order valence-electron chi connectivity index (χ1n) is 8.41. The Balaban J connectivity index is 2.05. The highest BCUT2D eigenvalue weighted by atomic mass is 32.2. The number of aryl methyl sites for hydroxylation is 1. The summed E-state index contributed by atoms with van der Waals surface area (Å²) in [5, 5.41) is 11.5. The Bertz CT molecular complexity index is 1290. The largest absolute Gasteiger partial charge is 0.288 e. The first-order chi connectivity index (χ1) is 13.4. The van der Waals surface area contributed by atoms with E-state index in [0.717, 1.165) is 15.7 Å². The standard InChI is InChI=1S/C20H15N3O4S/c1-14-7-9-18(10-8-14)28(26,27)22-19(15-5-3-2-4-6-15)12-16-11-17(23(24)25)13-21-20(16)22/h2-13H,1H3. The van der Waals surface area contributed by atoms with Gasteiger partial charge in [-0.15, -0.1) is 0 Å². The first-order valence-corrected chi connectivity index (χ1v) is 9.85. The molecule has 0 bridgehead atoms. The zero-order valence-electron chi connectivity index (χ0n) is 14.8. The predicted octanol–water partition coefficient (Wildman–Crippen LogP) is 4.16. The van der Waals surface area contributed by atoms with Gasteiger partial charge in [0.05, 0.1) is 15.5 Å². The Hall–Kier alpha value is -3.52. The molecule has 0 unspecified atom stereocenters. The van der Waals surface area contributed by atoms with E-state index in [2.05, 4.69) is 4.98 Å². The van der Waals surface area contributed by atoms with Crippen molar-refractivity contribution in [2.75, 3.05) is 0 Å². The van der Waals surface area contributed by atoms with Crippen molar-refractivity contribution in [2.24, 2.45) is 0 Å². The fourth-order valence-electron chi connectivity index (χ4n) is 3.03. The lowest BCUT2D eigenvalue weighted by molar-refractivity contribution is -0.385. The number of hydrogen-bond acceptors (Lipinski definition) is 5. The van der Waals surface area contributed by atoms with E-state index in [1.54, 1.807) is 42.5 Å². The highest BCUT2D eigenvalue weighted by Gasteiger charge is 2.25. The highest BCUT2D eigenvalue weighted by molar-refractivity contribution is 7.90. The van der Waals surface area contributed by atoms with Crippen molar-refractivity contribution in [1.29, 1.82) is 0 Å². The number of nitrogens with zero attached hydrogens (tertiary/aromatic N) is 3. The van der Waals surface area contributed by atoms with Crippen molar-refractivity contribution >= 4 is 26.7 Å². The van der Waals surface area contributed by atoms with Crippen LogP contribution < -0.4 is 0 Å². The number of hydrogen-bond donors (Lipinski definition) is 0. The number of nitro groups is 1. The van der Waals surface area contributed by atoms with Crippen LogP contribution in [0.25, 0.3) is 22.3 Å². The molecule has 28 heavy (non-hydrogen) atoms. The summed E-state index contributed by atoms with van der Waals surface area (Å²) < 4.78 is 28.0. The summed E-state index contributed by atoms with van der Waals surface area (Å²) in [6, 6.07) is 18.4. The van der Waals surface area contributed by atoms with Crippen LogP contribution >= 0.6 is 0 Å². The van der Waals surface area contributed by atoms with E-state index < -0.39 is 14.9 Å². The Morgan fingerprint density at radius 1 is 1.00 bits per heavy atom. The van der Waals surface area contributed by atoms with Crippen molar-refractivity contribution in [2.45, 2.75) is 11.8 Å². The maximum atomic E-state index is 13.4. The molecule has 0 aliphatic heterocycles. The smallest absolute Gasteiger partial charge is 0.258 e. The van der Waals surface area contributed by atoms with Crippen LogP contribution in [0.5, 0.6) is 0 Å². The minimum absolute atomic E-state index is 0.118. The van der Waals surface area contributed by atoms with E-state index in [4.69, 9.17) is 0 Å². The minimum atomic E-state index is -3.97. The number of aromatic nitrogens is 2. The molecule has 140 valence electrons. The molecular weight excluding hydrogens is 378 g/mol. The van der Waals surface area contributed by atoms with Gasteiger partial charge in [0, 0.05) is 11.5 Å². The highest BCUT2D eigenvalue weighted by Crippen LogP contribution is 2.32. The average Bonchev–Trinajstić information content (AvgIpc) is 3.08. The summed E-state index contributed by atoms with van der Waals surface area (Å²) in [6.07, 6.45) is 1.07. The SMILES string of the molecule is Cc1ccc(S(=O)(=O)n2c(-c3ccccc3)cc3cc([N+](=O)[O-])cnc32)cc1. The summed E-state index contributed by atoms with van der Waals surface area (Å²) in [6.45, 7) is 1.87. The number of rotatable bonds is 4. The van der Waals surface area contributed by atoms with Crippen molar-refractivity contribution in [1.82, 2.24) is 8.96 Å². The molecule has 0 aliphatic rings. The molecule has 0 radical (unpaired) electrons. The Labute approximate surface area is 161 Å². The molecule has 2 heterocycles. The lowest BCUT2D eigenvalue weighted by Gasteiger charge is -2.12. The van der Waals surface area contributed by atoms with Gasteiger partial charge in [0.1, 0.15) is 6.20 Å². The molecule has 2 aromatic heterocycles. The third-order valence-electron chi connectivity index (χ3n) is 4.42. The van der Waals surface area contributed by atoms with Gasteiger partial charge < -0.3 is 0 Å². The molecule has 0 saturated carbocycles. The van der Waals surface area contributed by atoms with Gasteiger partial charge in [-0.1, -0.05) is 48.0 Å². The van der Waals surface area contributed by atoms with Gasteiger partial charge in [0.25, 0.3) is 15.7 Å². The van der Waals surface area contributed by atoms with E-state index in [-0.39, 0.29) is 16.2 Å². The predicted molar refractivity (Wildman–Crippen MR) is 106 cm³/mol. The maximum Gasteiger partial charge on any atom is 0.288 e. The van der Waals surface area contributed by atoms with Crippen LogP contribution in [0.1, 0.15) is 5.56 Å². The fraction of sp³-hybridized carbons (Fsp3) is 0.0500. The fourth-order valence-corrected chi connectivity index (χ4v) is 4.52. The number of pyridine rings is 1. The normalized spacial score (nSPS) is 11.6.